The van der Waals surface area contributed by atoms with Crippen LogP contribution < -0.4 is 4.74 Å². The van der Waals surface area contributed by atoms with Gasteiger partial charge in [-0.1, -0.05) is 5.16 Å². The average Bonchev–Trinajstić information content (AvgIpc) is 2.89. The van der Waals surface area contributed by atoms with E-state index >= 15 is 0 Å². The van der Waals surface area contributed by atoms with Crippen LogP contribution in [-0.2, 0) is 6.42 Å². The number of benzene rings is 1. The van der Waals surface area contributed by atoms with Gasteiger partial charge in [-0.25, -0.2) is 4.98 Å². The minimum Gasteiger partial charge on any atom is -0.494 e. The summed E-state index contributed by atoms with van der Waals surface area (Å²) in [6, 6.07) is 7.51. The highest BCUT2D eigenvalue weighted by Crippen LogP contribution is 2.13. The summed E-state index contributed by atoms with van der Waals surface area (Å²) < 4.78 is 5.67. The van der Waals surface area contributed by atoms with Gasteiger partial charge < -0.3 is 14.9 Å². The van der Waals surface area contributed by atoms with Crippen LogP contribution in [0.4, 0.5) is 0 Å². The Hall–Kier alpha value is -2.30. The van der Waals surface area contributed by atoms with Crippen molar-refractivity contribution in [2.45, 2.75) is 26.7 Å². The number of nitrogens with one attached hydrogen (secondary N) is 1. The topological polar surface area (TPSA) is 70.5 Å². The molecule has 0 amide bonds. The molecule has 0 fully saturated rings. The first-order valence-corrected chi connectivity index (χ1v) is 6.61. The maximum absolute atomic E-state index is 8.69. The van der Waals surface area contributed by atoms with Crippen LogP contribution >= 0.6 is 0 Å². The summed E-state index contributed by atoms with van der Waals surface area (Å²) in [7, 11) is 0. The number of ether oxygens (including phenoxy) is 1. The molecule has 0 aliphatic heterocycles. The van der Waals surface area contributed by atoms with Crippen molar-refractivity contribution in [3.63, 3.8) is 0 Å². The Kier molecular flexibility index (Phi) is 4.76. The Morgan fingerprint density at radius 1 is 1.35 bits per heavy atom. The van der Waals surface area contributed by atoms with Crippen LogP contribution in [0.2, 0.25) is 0 Å². The molecule has 106 valence electrons. The molecule has 1 aromatic carbocycles. The quantitative estimate of drug-likeness (QED) is 0.368. The van der Waals surface area contributed by atoms with Gasteiger partial charge in [0.15, 0.2) is 0 Å². The number of rotatable bonds is 6. The molecule has 2 N–H and O–H groups in total. The van der Waals surface area contributed by atoms with E-state index in [0.717, 1.165) is 35.5 Å². The van der Waals surface area contributed by atoms with Gasteiger partial charge in [-0.15, -0.1) is 0 Å². The van der Waals surface area contributed by atoms with Crippen molar-refractivity contribution >= 4 is 5.71 Å². The second kappa shape index (κ2) is 6.75. The third kappa shape index (κ3) is 3.60. The fourth-order valence-corrected chi connectivity index (χ4v) is 1.92. The largest absolute Gasteiger partial charge is 0.494 e. The molecule has 0 saturated carbocycles. The second-order valence-electron chi connectivity index (χ2n) is 4.64. The van der Waals surface area contributed by atoms with Crippen LogP contribution in [0, 0.1) is 6.92 Å². The van der Waals surface area contributed by atoms with Crippen LogP contribution in [0.15, 0.2) is 35.7 Å². The molecule has 5 heteroatoms. The van der Waals surface area contributed by atoms with Crippen molar-refractivity contribution in [2.75, 3.05) is 6.61 Å². The van der Waals surface area contributed by atoms with Gasteiger partial charge in [0.1, 0.15) is 5.75 Å². The lowest BCUT2D eigenvalue weighted by molar-refractivity contribution is 0.310. The monoisotopic (exact) mass is 273 g/mol. The van der Waals surface area contributed by atoms with Crippen LogP contribution in [0.5, 0.6) is 5.75 Å². The number of oxime groups is 1. The number of imidazole rings is 1. The summed E-state index contributed by atoms with van der Waals surface area (Å²) in [5, 5.41) is 11.9. The number of H-pyrrole nitrogens is 1. The molecule has 0 aliphatic rings. The molecule has 0 aliphatic carbocycles. The van der Waals surface area contributed by atoms with Crippen LogP contribution in [0.25, 0.3) is 0 Å². The molecule has 0 atom stereocenters. The van der Waals surface area contributed by atoms with Gasteiger partial charge in [0.25, 0.3) is 0 Å². The molecule has 1 heterocycles. The highest BCUT2D eigenvalue weighted by Gasteiger charge is 2.02. The van der Waals surface area contributed by atoms with Gasteiger partial charge in [-0.05, 0) is 56.5 Å². The molecular weight excluding hydrogens is 254 g/mol. The van der Waals surface area contributed by atoms with Gasteiger partial charge in [0, 0.05) is 5.69 Å². The third-order valence-electron chi connectivity index (χ3n) is 3.18. The molecule has 0 bridgehead atoms. The molecule has 2 rings (SSSR count). The minimum atomic E-state index is 0.588. The zero-order valence-electron chi connectivity index (χ0n) is 11.8. The fourth-order valence-electron chi connectivity index (χ4n) is 1.92. The summed E-state index contributed by atoms with van der Waals surface area (Å²) >= 11 is 0. The number of aryl methyl sites for hydroxylation is 2. The summed E-state index contributed by atoms with van der Waals surface area (Å²) in [5.41, 5.74) is 3.68. The van der Waals surface area contributed by atoms with Gasteiger partial charge in [0.2, 0.25) is 0 Å². The van der Waals surface area contributed by atoms with Crippen molar-refractivity contribution in [3.8, 4) is 5.75 Å². The second-order valence-corrected chi connectivity index (χ2v) is 4.64. The summed E-state index contributed by atoms with van der Waals surface area (Å²) in [6.45, 7) is 4.42. The van der Waals surface area contributed by atoms with E-state index < -0.39 is 0 Å². The van der Waals surface area contributed by atoms with E-state index in [1.807, 2.05) is 31.2 Å². The van der Waals surface area contributed by atoms with Crippen LogP contribution in [0.1, 0.15) is 30.3 Å². The van der Waals surface area contributed by atoms with Gasteiger partial charge >= 0.3 is 0 Å². The Morgan fingerprint density at radius 2 is 2.10 bits per heavy atom. The fraction of sp³-hybridized carbons (Fsp3) is 0.333. The molecular formula is C15H19N3O2. The summed E-state index contributed by atoms with van der Waals surface area (Å²) in [4.78, 5) is 7.32. The van der Waals surface area contributed by atoms with Gasteiger partial charge in [-0.2, -0.15) is 0 Å². The van der Waals surface area contributed by atoms with Gasteiger partial charge in [0.05, 0.1) is 24.3 Å². The predicted octanol–water partition coefficient (Wildman–Crippen LogP) is 2.93. The first kappa shape index (κ1) is 14.1. The third-order valence-corrected chi connectivity index (χ3v) is 3.18. The maximum atomic E-state index is 8.69. The lowest BCUT2D eigenvalue weighted by atomic mass is 10.1. The highest BCUT2D eigenvalue weighted by atomic mass is 16.5. The van der Waals surface area contributed by atoms with Crippen molar-refractivity contribution in [2.24, 2.45) is 5.16 Å². The molecule has 0 radical (unpaired) electrons. The summed E-state index contributed by atoms with van der Waals surface area (Å²) in [5.74, 6) is 0.818. The molecule has 5 nitrogen and oxygen atoms in total. The van der Waals surface area contributed by atoms with E-state index in [2.05, 4.69) is 15.1 Å². The number of hydrogen-bond acceptors (Lipinski definition) is 4. The number of nitrogens with zero attached hydrogens (tertiary/aromatic N) is 2. The lowest BCUT2D eigenvalue weighted by Crippen LogP contribution is -2.01. The Labute approximate surface area is 118 Å². The van der Waals surface area contributed by atoms with Crippen molar-refractivity contribution in [1.82, 2.24) is 9.97 Å². The Morgan fingerprint density at radius 3 is 2.70 bits per heavy atom. The molecule has 2 aromatic rings. The average molecular weight is 273 g/mol. The smallest absolute Gasteiger partial charge is 0.119 e. The first-order valence-electron chi connectivity index (χ1n) is 6.61. The first-order chi connectivity index (χ1) is 9.70. The highest BCUT2D eigenvalue weighted by molar-refractivity contribution is 5.98. The van der Waals surface area contributed by atoms with E-state index in [1.165, 1.54) is 0 Å². The Bertz CT molecular complexity index is 573. The maximum Gasteiger partial charge on any atom is 0.119 e. The van der Waals surface area contributed by atoms with Crippen molar-refractivity contribution in [3.05, 3.63) is 47.5 Å². The number of aromatic amines is 1. The zero-order chi connectivity index (χ0) is 14.4. The van der Waals surface area contributed by atoms with E-state index in [9.17, 15) is 0 Å². The molecule has 20 heavy (non-hydrogen) atoms. The Balaban J connectivity index is 1.78. The van der Waals surface area contributed by atoms with Crippen LogP contribution in [0.3, 0.4) is 0 Å². The number of aromatic nitrogens is 2. The normalized spacial score (nSPS) is 11.6. The van der Waals surface area contributed by atoms with E-state index in [-0.39, 0.29) is 0 Å². The van der Waals surface area contributed by atoms with E-state index in [0.29, 0.717) is 12.3 Å². The SMILES string of the molecule is CC(=NO)c1ccc(OCCCc2nc[nH]c2C)cc1. The summed E-state index contributed by atoms with van der Waals surface area (Å²) in [6.07, 6.45) is 3.55. The van der Waals surface area contributed by atoms with Crippen molar-refractivity contribution < 1.29 is 9.94 Å². The molecule has 0 unspecified atom stereocenters. The molecule has 0 spiro atoms. The number of hydrogen-bond donors (Lipinski definition) is 2. The van der Waals surface area contributed by atoms with Crippen molar-refractivity contribution in [1.29, 1.82) is 0 Å². The van der Waals surface area contributed by atoms with Crippen LogP contribution in [-0.4, -0.2) is 27.5 Å². The van der Waals surface area contributed by atoms with Gasteiger partial charge in [-0.3, -0.25) is 0 Å². The molecule has 1 aromatic heterocycles. The standard InChI is InChI=1S/C15H19N3O2/c1-11(18-19)13-5-7-14(8-6-13)20-9-3-4-15-12(2)16-10-17-15/h5-8,10,19H,3-4,9H2,1-2H3,(H,16,17). The van der Waals surface area contributed by atoms with E-state index in [4.69, 9.17) is 9.94 Å². The minimum absolute atomic E-state index is 0.588. The van der Waals surface area contributed by atoms with E-state index in [1.54, 1.807) is 13.3 Å². The zero-order valence-corrected chi connectivity index (χ0v) is 11.8. The lowest BCUT2D eigenvalue weighted by Gasteiger charge is -2.06. The molecule has 0 saturated heterocycles. The predicted molar refractivity (Wildman–Crippen MR) is 77.6 cm³/mol.